The minimum Gasteiger partial charge on any atom is -0.340 e. The predicted octanol–water partition coefficient (Wildman–Crippen LogP) is 2.48. The zero-order chi connectivity index (χ0) is 23.5. The van der Waals surface area contributed by atoms with Crippen molar-refractivity contribution >= 4 is 11.8 Å². The molecule has 2 heterocycles. The SMILES string of the molecule is C=C1[C@@H](C(=O)N2CCN(Cc3ccccc3)CC2)[C@@H]1C(=O)N1CCN(Cc2ccccc2)CC1. The van der Waals surface area contributed by atoms with Crippen LogP contribution < -0.4 is 0 Å². The maximum atomic E-state index is 13.2. The van der Waals surface area contributed by atoms with Gasteiger partial charge in [0.05, 0.1) is 11.8 Å². The average molecular weight is 459 g/mol. The van der Waals surface area contributed by atoms with Gasteiger partial charge in [-0.1, -0.05) is 72.8 Å². The number of carbonyl (C=O) groups excluding carboxylic acids is 2. The highest BCUT2D eigenvalue weighted by Crippen LogP contribution is 2.47. The van der Waals surface area contributed by atoms with Gasteiger partial charge in [0.1, 0.15) is 0 Å². The molecule has 2 amide bonds. The lowest BCUT2D eigenvalue weighted by molar-refractivity contribution is -0.139. The van der Waals surface area contributed by atoms with E-state index in [9.17, 15) is 9.59 Å². The number of hydrogen-bond donors (Lipinski definition) is 0. The molecule has 0 unspecified atom stereocenters. The number of carbonyl (C=O) groups is 2. The maximum absolute atomic E-state index is 13.2. The number of hydrogen-bond acceptors (Lipinski definition) is 4. The van der Waals surface area contributed by atoms with Crippen LogP contribution in [0, 0.1) is 11.8 Å². The zero-order valence-electron chi connectivity index (χ0n) is 19.8. The monoisotopic (exact) mass is 458 g/mol. The largest absolute Gasteiger partial charge is 0.340 e. The van der Waals surface area contributed by atoms with Crippen LogP contribution in [-0.2, 0) is 22.7 Å². The standard InChI is InChI=1S/C28H34N4O2/c1-22-25(27(33)31-16-12-29(13-17-31)20-23-8-4-2-5-9-23)26(22)28(34)32-18-14-30(15-19-32)21-24-10-6-3-7-11-24/h2-11,25-26H,1,12-21H2/t25-,26-/m1/s1. The number of amides is 2. The molecule has 6 nitrogen and oxygen atoms in total. The van der Waals surface area contributed by atoms with Gasteiger partial charge in [-0.05, 0) is 11.1 Å². The third-order valence-corrected chi connectivity index (χ3v) is 7.42. The summed E-state index contributed by atoms with van der Waals surface area (Å²) in [6.45, 7) is 12.2. The Morgan fingerprint density at radius 2 is 0.971 bits per heavy atom. The minimum absolute atomic E-state index is 0.0884. The molecular formula is C28H34N4O2. The van der Waals surface area contributed by atoms with Crippen molar-refractivity contribution in [2.24, 2.45) is 11.8 Å². The van der Waals surface area contributed by atoms with Gasteiger partial charge in [0.25, 0.3) is 0 Å². The molecule has 0 aromatic heterocycles. The fourth-order valence-corrected chi connectivity index (χ4v) is 5.25. The lowest BCUT2D eigenvalue weighted by Gasteiger charge is -2.35. The van der Waals surface area contributed by atoms with Gasteiger partial charge in [-0.3, -0.25) is 19.4 Å². The van der Waals surface area contributed by atoms with E-state index >= 15 is 0 Å². The highest BCUT2D eigenvalue weighted by atomic mass is 16.2. The van der Waals surface area contributed by atoms with Gasteiger partial charge < -0.3 is 9.80 Å². The van der Waals surface area contributed by atoms with E-state index in [4.69, 9.17) is 0 Å². The molecule has 2 atom stereocenters. The highest BCUT2D eigenvalue weighted by molar-refractivity contribution is 5.99. The molecule has 34 heavy (non-hydrogen) atoms. The Balaban J connectivity index is 1.08. The number of benzene rings is 2. The Morgan fingerprint density at radius 3 is 1.32 bits per heavy atom. The second-order valence-electron chi connectivity index (χ2n) is 9.70. The second kappa shape index (κ2) is 10.1. The Kier molecular flexibility index (Phi) is 6.79. The lowest BCUT2D eigenvalue weighted by atomic mass is 10.1. The summed E-state index contributed by atoms with van der Waals surface area (Å²) in [7, 11) is 0. The average Bonchev–Trinajstić information content (AvgIpc) is 3.56. The molecule has 6 heteroatoms. The Bertz CT molecular complexity index is 928. The van der Waals surface area contributed by atoms with E-state index in [1.807, 2.05) is 21.9 Å². The van der Waals surface area contributed by atoms with E-state index in [1.165, 1.54) is 11.1 Å². The summed E-state index contributed by atoms with van der Waals surface area (Å²) in [5.41, 5.74) is 3.40. The molecule has 0 bridgehead atoms. The van der Waals surface area contributed by atoms with Crippen molar-refractivity contribution in [3.8, 4) is 0 Å². The quantitative estimate of drug-likeness (QED) is 0.624. The highest BCUT2D eigenvalue weighted by Gasteiger charge is 2.55. The minimum atomic E-state index is -0.324. The van der Waals surface area contributed by atoms with E-state index < -0.39 is 0 Å². The van der Waals surface area contributed by atoms with Gasteiger partial charge in [0.15, 0.2) is 0 Å². The predicted molar refractivity (Wildman–Crippen MR) is 133 cm³/mol. The molecule has 2 aliphatic heterocycles. The summed E-state index contributed by atoms with van der Waals surface area (Å²) in [6, 6.07) is 20.9. The van der Waals surface area contributed by atoms with Crippen molar-refractivity contribution in [1.82, 2.24) is 19.6 Å². The molecule has 3 aliphatic rings. The van der Waals surface area contributed by atoms with Crippen LogP contribution in [0.5, 0.6) is 0 Å². The van der Waals surface area contributed by atoms with Crippen molar-refractivity contribution in [1.29, 1.82) is 0 Å². The van der Waals surface area contributed by atoms with E-state index in [-0.39, 0.29) is 23.7 Å². The molecule has 5 rings (SSSR count). The molecule has 0 radical (unpaired) electrons. The van der Waals surface area contributed by atoms with Crippen LogP contribution in [0.1, 0.15) is 11.1 Å². The van der Waals surface area contributed by atoms with Crippen LogP contribution in [0.25, 0.3) is 0 Å². The van der Waals surface area contributed by atoms with Crippen LogP contribution >= 0.6 is 0 Å². The first kappa shape index (κ1) is 22.8. The summed E-state index contributed by atoms with van der Waals surface area (Å²) in [4.78, 5) is 35.0. The second-order valence-corrected chi connectivity index (χ2v) is 9.70. The van der Waals surface area contributed by atoms with Gasteiger partial charge >= 0.3 is 0 Å². The van der Waals surface area contributed by atoms with Crippen LogP contribution in [0.4, 0.5) is 0 Å². The lowest BCUT2D eigenvalue weighted by Crippen LogP contribution is -2.50. The van der Waals surface area contributed by atoms with Crippen LogP contribution in [-0.4, -0.2) is 83.8 Å². The van der Waals surface area contributed by atoms with Crippen molar-refractivity contribution in [2.45, 2.75) is 13.1 Å². The molecule has 3 fully saturated rings. The topological polar surface area (TPSA) is 47.1 Å². The smallest absolute Gasteiger partial charge is 0.231 e. The van der Waals surface area contributed by atoms with Crippen molar-refractivity contribution in [3.63, 3.8) is 0 Å². The third-order valence-electron chi connectivity index (χ3n) is 7.42. The molecular weight excluding hydrogens is 424 g/mol. The van der Waals surface area contributed by atoms with E-state index in [1.54, 1.807) is 0 Å². The van der Waals surface area contributed by atoms with Gasteiger partial charge in [0.2, 0.25) is 11.8 Å². The molecule has 0 N–H and O–H groups in total. The number of nitrogens with zero attached hydrogens (tertiary/aromatic N) is 4. The third kappa shape index (κ3) is 5.08. The molecule has 2 aromatic carbocycles. The molecule has 2 aromatic rings. The molecule has 178 valence electrons. The first-order valence-corrected chi connectivity index (χ1v) is 12.4. The van der Waals surface area contributed by atoms with Crippen molar-refractivity contribution in [3.05, 3.63) is 83.9 Å². The summed E-state index contributed by atoms with van der Waals surface area (Å²) in [5.74, 6) is -0.470. The summed E-state index contributed by atoms with van der Waals surface area (Å²) in [6.07, 6.45) is 0. The number of rotatable bonds is 6. The number of piperazine rings is 2. The fraction of sp³-hybridized carbons (Fsp3) is 0.429. The van der Waals surface area contributed by atoms with E-state index in [2.05, 4.69) is 64.9 Å². The summed E-state index contributed by atoms with van der Waals surface area (Å²) in [5, 5.41) is 0. The van der Waals surface area contributed by atoms with E-state index in [0.29, 0.717) is 26.2 Å². The molecule has 1 aliphatic carbocycles. The van der Waals surface area contributed by atoms with Crippen LogP contribution in [0.3, 0.4) is 0 Å². The van der Waals surface area contributed by atoms with Gasteiger partial charge in [-0.15, -0.1) is 0 Å². The molecule has 2 saturated heterocycles. The van der Waals surface area contributed by atoms with Gasteiger partial charge in [-0.25, -0.2) is 0 Å². The van der Waals surface area contributed by atoms with Gasteiger partial charge in [-0.2, -0.15) is 0 Å². The Labute approximate surface area is 202 Å². The van der Waals surface area contributed by atoms with Crippen LogP contribution in [0.15, 0.2) is 72.8 Å². The maximum Gasteiger partial charge on any atom is 0.231 e. The fourth-order valence-electron chi connectivity index (χ4n) is 5.25. The van der Waals surface area contributed by atoms with Crippen molar-refractivity contribution < 1.29 is 9.59 Å². The van der Waals surface area contributed by atoms with E-state index in [0.717, 1.165) is 44.8 Å². The Morgan fingerprint density at radius 1 is 0.618 bits per heavy atom. The van der Waals surface area contributed by atoms with Crippen molar-refractivity contribution in [2.75, 3.05) is 52.4 Å². The zero-order valence-corrected chi connectivity index (χ0v) is 19.8. The molecule has 1 saturated carbocycles. The first-order valence-electron chi connectivity index (χ1n) is 12.4. The van der Waals surface area contributed by atoms with Gasteiger partial charge in [0, 0.05) is 65.4 Å². The summed E-state index contributed by atoms with van der Waals surface area (Å²) < 4.78 is 0. The molecule has 0 spiro atoms. The summed E-state index contributed by atoms with van der Waals surface area (Å²) >= 11 is 0. The van der Waals surface area contributed by atoms with Crippen LogP contribution in [0.2, 0.25) is 0 Å². The normalized spacial score (nSPS) is 23.7. The first-order chi connectivity index (χ1) is 16.6. The Hall–Kier alpha value is -2.96.